The Morgan fingerprint density at radius 1 is 1.42 bits per heavy atom. The molecular weight excluding hydrogens is 307 g/mol. The zero-order chi connectivity index (χ0) is 14.2. The second-order valence-electron chi connectivity index (χ2n) is 4.70. The van der Waals surface area contributed by atoms with Gasteiger partial charge in [0.1, 0.15) is 4.90 Å². The molecule has 0 saturated carbocycles. The van der Waals surface area contributed by atoms with Gasteiger partial charge in [0.15, 0.2) is 0 Å². The number of sulfonamides is 1. The van der Waals surface area contributed by atoms with E-state index in [1.807, 2.05) is 0 Å². The number of benzene rings is 1. The molecule has 1 aliphatic rings. The maximum Gasteiger partial charge on any atom is 0.244 e. The van der Waals surface area contributed by atoms with E-state index in [2.05, 4.69) is 6.92 Å². The summed E-state index contributed by atoms with van der Waals surface area (Å²) in [5.74, 6) is 0.415. The summed E-state index contributed by atoms with van der Waals surface area (Å²) >= 11 is 11.8. The SMILES string of the molecule is CCC1CCN(S(=O)(=O)c2ccc(Cl)c(N)c2Cl)C1. The van der Waals surface area contributed by atoms with E-state index >= 15 is 0 Å². The third-order valence-corrected chi connectivity index (χ3v) is 6.29. The summed E-state index contributed by atoms with van der Waals surface area (Å²) in [6, 6.07) is 2.87. The van der Waals surface area contributed by atoms with Crippen LogP contribution >= 0.6 is 23.2 Å². The van der Waals surface area contributed by atoms with Crippen LogP contribution in [-0.2, 0) is 10.0 Å². The molecule has 19 heavy (non-hydrogen) atoms. The molecule has 1 fully saturated rings. The lowest BCUT2D eigenvalue weighted by Crippen LogP contribution is -2.29. The highest BCUT2D eigenvalue weighted by Crippen LogP contribution is 2.36. The highest BCUT2D eigenvalue weighted by Gasteiger charge is 2.33. The summed E-state index contributed by atoms with van der Waals surface area (Å²) in [6.45, 7) is 3.13. The molecule has 1 heterocycles. The van der Waals surface area contributed by atoms with Crippen molar-refractivity contribution in [3.63, 3.8) is 0 Å². The van der Waals surface area contributed by atoms with Crippen molar-refractivity contribution in [1.29, 1.82) is 0 Å². The van der Waals surface area contributed by atoms with Crippen molar-refractivity contribution in [2.45, 2.75) is 24.7 Å². The minimum Gasteiger partial charge on any atom is -0.396 e. The maximum atomic E-state index is 12.5. The lowest BCUT2D eigenvalue weighted by molar-refractivity contribution is 0.453. The van der Waals surface area contributed by atoms with Gasteiger partial charge in [-0.25, -0.2) is 8.42 Å². The van der Waals surface area contributed by atoms with Crippen LogP contribution in [0, 0.1) is 5.92 Å². The van der Waals surface area contributed by atoms with Gasteiger partial charge in [-0.15, -0.1) is 0 Å². The van der Waals surface area contributed by atoms with E-state index in [-0.39, 0.29) is 20.6 Å². The first-order valence-corrected chi connectivity index (χ1v) is 8.31. The van der Waals surface area contributed by atoms with Gasteiger partial charge in [0.25, 0.3) is 0 Å². The molecule has 1 aliphatic heterocycles. The molecule has 7 heteroatoms. The molecule has 0 bridgehead atoms. The highest BCUT2D eigenvalue weighted by atomic mass is 35.5. The van der Waals surface area contributed by atoms with Gasteiger partial charge in [-0.3, -0.25) is 0 Å². The van der Waals surface area contributed by atoms with Crippen LogP contribution in [0.15, 0.2) is 17.0 Å². The van der Waals surface area contributed by atoms with Gasteiger partial charge in [0.2, 0.25) is 10.0 Å². The van der Waals surface area contributed by atoms with Crippen LogP contribution in [0.25, 0.3) is 0 Å². The Morgan fingerprint density at radius 2 is 2.11 bits per heavy atom. The van der Waals surface area contributed by atoms with Crippen LogP contribution in [0.5, 0.6) is 0 Å². The van der Waals surface area contributed by atoms with E-state index in [0.717, 1.165) is 12.8 Å². The molecule has 4 nitrogen and oxygen atoms in total. The Labute approximate surface area is 123 Å². The van der Waals surface area contributed by atoms with Crippen LogP contribution in [0.2, 0.25) is 10.0 Å². The van der Waals surface area contributed by atoms with E-state index in [1.54, 1.807) is 0 Å². The minimum absolute atomic E-state index is 0.00690. The number of hydrogen-bond donors (Lipinski definition) is 1. The first-order chi connectivity index (χ1) is 8.87. The molecule has 0 spiro atoms. The Hall–Kier alpha value is -0.490. The lowest BCUT2D eigenvalue weighted by Gasteiger charge is -2.18. The largest absolute Gasteiger partial charge is 0.396 e. The van der Waals surface area contributed by atoms with Crippen LogP contribution in [0.4, 0.5) is 5.69 Å². The average molecular weight is 323 g/mol. The maximum absolute atomic E-state index is 12.5. The van der Waals surface area contributed by atoms with Gasteiger partial charge in [-0.1, -0.05) is 36.5 Å². The molecule has 0 radical (unpaired) electrons. The average Bonchev–Trinajstić information content (AvgIpc) is 2.85. The van der Waals surface area contributed by atoms with Crippen molar-refractivity contribution < 1.29 is 8.42 Å². The van der Waals surface area contributed by atoms with Crippen molar-refractivity contribution in [3.05, 3.63) is 22.2 Å². The highest BCUT2D eigenvalue weighted by molar-refractivity contribution is 7.89. The quantitative estimate of drug-likeness (QED) is 0.870. The molecular formula is C12H16Cl2N2O2S. The summed E-state index contributed by atoms with van der Waals surface area (Å²) in [7, 11) is -3.59. The molecule has 2 rings (SSSR count). The topological polar surface area (TPSA) is 63.4 Å². The van der Waals surface area contributed by atoms with Crippen LogP contribution in [-0.4, -0.2) is 25.8 Å². The second-order valence-corrected chi connectivity index (χ2v) is 7.39. The lowest BCUT2D eigenvalue weighted by atomic mass is 10.1. The predicted molar refractivity (Wildman–Crippen MR) is 78.0 cm³/mol. The molecule has 2 N–H and O–H groups in total. The first kappa shape index (κ1) is 14.9. The summed E-state index contributed by atoms with van der Waals surface area (Å²) < 4.78 is 26.5. The monoisotopic (exact) mass is 322 g/mol. The third-order valence-electron chi connectivity index (χ3n) is 3.53. The molecule has 0 amide bonds. The number of hydrogen-bond acceptors (Lipinski definition) is 3. The van der Waals surface area contributed by atoms with Crippen molar-refractivity contribution >= 4 is 38.9 Å². The summed E-state index contributed by atoms with van der Waals surface area (Å²) in [4.78, 5) is 0.0350. The standard InChI is InChI=1S/C12H16Cl2N2O2S/c1-2-8-5-6-16(7-8)19(17,18)10-4-3-9(13)12(15)11(10)14/h3-4,8H,2,5-7,15H2,1H3. The van der Waals surface area contributed by atoms with Crippen LogP contribution in [0.3, 0.4) is 0 Å². The molecule has 1 atom stereocenters. The van der Waals surface area contributed by atoms with E-state index in [0.29, 0.717) is 19.0 Å². The number of halogens is 2. The van der Waals surface area contributed by atoms with Gasteiger partial charge in [0, 0.05) is 13.1 Å². The molecule has 1 saturated heterocycles. The van der Waals surface area contributed by atoms with E-state index < -0.39 is 10.0 Å². The smallest absolute Gasteiger partial charge is 0.244 e. The summed E-state index contributed by atoms with van der Waals surface area (Å²) in [6.07, 6.45) is 1.86. The fourth-order valence-corrected chi connectivity index (χ4v) is 4.51. The molecule has 1 unspecified atom stereocenters. The second kappa shape index (κ2) is 5.48. The molecule has 1 aromatic carbocycles. The number of anilines is 1. The minimum atomic E-state index is -3.59. The Kier molecular flexibility index (Phi) is 4.30. The van der Waals surface area contributed by atoms with Crippen molar-refractivity contribution in [2.75, 3.05) is 18.8 Å². The predicted octanol–water partition coefficient (Wildman–Crippen LogP) is 3.00. The molecule has 0 aliphatic carbocycles. The summed E-state index contributed by atoms with van der Waals surface area (Å²) in [5.41, 5.74) is 5.79. The van der Waals surface area contributed by atoms with Gasteiger partial charge < -0.3 is 5.73 Å². The molecule has 0 aromatic heterocycles. The third kappa shape index (κ3) is 2.70. The Bertz CT molecular complexity index is 590. The van der Waals surface area contributed by atoms with Crippen molar-refractivity contribution in [3.8, 4) is 0 Å². The number of rotatable bonds is 3. The van der Waals surface area contributed by atoms with Crippen molar-refractivity contribution in [1.82, 2.24) is 4.31 Å². The fraction of sp³-hybridized carbons (Fsp3) is 0.500. The van der Waals surface area contributed by atoms with Crippen LogP contribution in [0.1, 0.15) is 19.8 Å². The number of nitrogen functional groups attached to an aromatic ring is 1. The first-order valence-electron chi connectivity index (χ1n) is 6.11. The molecule has 1 aromatic rings. The van der Waals surface area contributed by atoms with E-state index in [1.165, 1.54) is 16.4 Å². The van der Waals surface area contributed by atoms with Gasteiger partial charge in [0.05, 0.1) is 15.7 Å². The number of nitrogens with two attached hydrogens (primary N) is 1. The Morgan fingerprint density at radius 3 is 2.68 bits per heavy atom. The van der Waals surface area contributed by atoms with Gasteiger partial charge in [-0.05, 0) is 24.5 Å². The molecule has 106 valence electrons. The van der Waals surface area contributed by atoms with E-state index in [4.69, 9.17) is 28.9 Å². The van der Waals surface area contributed by atoms with Gasteiger partial charge >= 0.3 is 0 Å². The van der Waals surface area contributed by atoms with Crippen molar-refractivity contribution in [2.24, 2.45) is 5.92 Å². The Balaban J connectivity index is 2.38. The number of nitrogens with zero attached hydrogens (tertiary/aromatic N) is 1. The van der Waals surface area contributed by atoms with Crippen LogP contribution < -0.4 is 5.73 Å². The fourth-order valence-electron chi connectivity index (χ4n) is 2.24. The zero-order valence-electron chi connectivity index (χ0n) is 10.6. The van der Waals surface area contributed by atoms with E-state index in [9.17, 15) is 8.42 Å². The zero-order valence-corrected chi connectivity index (χ0v) is 12.9. The normalized spacial score (nSPS) is 20.9. The van der Waals surface area contributed by atoms with Gasteiger partial charge in [-0.2, -0.15) is 4.31 Å². The summed E-state index contributed by atoms with van der Waals surface area (Å²) in [5, 5.41) is 0.268.